The molecule has 2 N–H and O–H groups in total. The molecule has 6 nitrogen and oxygen atoms in total. The van der Waals surface area contributed by atoms with Crippen LogP contribution in [0.25, 0.3) is 6.08 Å². The number of hydrazine groups is 1. The van der Waals surface area contributed by atoms with Crippen LogP contribution in [0.4, 0.5) is 0 Å². The fraction of sp³-hybridized carbons (Fsp3) is 0.0667. The van der Waals surface area contributed by atoms with Gasteiger partial charge in [0.2, 0.25) is 0 Å². The van der Waals surface area contributed by atoms with Gasteiger partial charge in [0.1, 0.15) is 0 Å². The molecular formula is C15H13N3O3S3. The number of sulfonamides is 1. The van der Waals surface area contributed by atoms with Crippen LogP contribution >= 0.6 is 24.0 Å². The van der Waals surface area contributed by atoms with Crippen molar-refractivity contribution in [2.24, 2.45) is 0 Å². The highest BCUT2D eigenvalue weighted by molar-refractivity contribution is 8.26. The van der Waals surface area contributed by atoms with Gasteiger partial charge in [-0.15, -0.1) is 4.83 Å². The molecule has 0 bridgehead atoms. The first-order chi connectivity index (χ1) is 11.4. The molecule has 0 saturated carbocycles. The number of aromatic amines is 1. The number of benzene rings is 1. The van der Waals surface area contributed by atoms with Crippen molar-refractivity contribution in [2.45, 2.75) is 11.8 Å². The zero-order valence-electron chi connectivity index (χ0n) is 12.5. The van der Waals surface area contributed by atoms with Crippen molar-refractivity contribution < 1.29 is 13.2 Å². The number of rotatable bonds is 4. The van der Waals surface area contributed by atoms with Gasteiger partial charge in [-0.05, 0) is 37.3 Å². The second-order valence-corrected chi connectivity index (χ2v) is 8.39. The summed E-state index contributed by atoms with van der Waals surface area (Å²) in [4.78, 5) is 18.0. The van der Waals surface area contributed by atoms with Crippen LogP contribution in [0.2, 0.25) is 0 Å². The molecule has 1 fully saturated rings. The van der Waals surface area contributed by atoms with E-state index in [9.17, 15) is 13.2 Å². The van der Waals surface area contributed by atoms with E-state index in [-0.39, 0.29) is 9.22 Å². The second kappa shape index (κ2) is 6.52. The summed E-state index contributed by atoms with van der Waals surface area (Å²) in [6, 6.07) is 9.91. The SMILES string of the molecule is Cc1ccc(S(=O)(=O)NN2C(=O)C(=Cc3ccc[nH]3)SC2=S)cc1. The van der Waals surface area contributed by atoms with Crippen LogP contribution in [0, 0.1) is 6.92 Å². The van der Waals surface area contributed by atoms with Crippen LogP contribution in [0.1, 0.15) is 11.3 Å². The van der Waals surface area contributed by atoms with Gasteiger partial charge in [0.05, 0.1) is 9.80 Å². The Morgan fingerprint density at radius 1 is 1.25 bits per heavy atom. The average molecular weight is 379 g/mol. The largest absolute Gasteiger partial charge is 0.362 e. The van der Waals surface area contributed by atoms with Gasteiger partial charge in [-0.2, -0.15) is 0 Å². The number of aromatic nitrogens is 1. The number of nitrogens with one attached hydrogen (secondary N) is 2. The van der Waals surface area contributed by atoms with Gasteiger partial charge in [-0.3, -0.25) is 4.79 Å². The number of thiocarbonyl (C=S) groups is 1. The number of nitrogens with zero attached hydrogens (tertiary/aromatic N) is 1. The van der Waals surface area contributed by atoms with E-state index in [1.54, 1.807) is 36.5 Å². The van der Waals surface area contributed by atoms with Crippen molar-refractivity contribution in [3.63, 3.8) is 0 Å². The van der Waals surface area contributed by atoms with Crippen molar-refractivity contribution in [1.82, 2.24) is 14.8 Å². The number of hydrogen-bond donors (Lipinski definition) is 2. The van der Waals surface area contributed by atoms with Gasteiger partial charge in [0, 0.05) is 11.9 Å². The lowest BCUT2D eigenvalue weighted by Gasteiger charge is -2.16. The second-order valence-electron chi connectivity index (χ2n) is 5.05. The number of H-pyrrole nitrogens is 1. The Bertz CT molecular complexity index is 917. The van der Waals surface area contributed by atoms with Gasteiger partial charge in [0.15, 0.2) is 4.32 Å². The normalized spacial score (nSPS) is 17.0. The fourth-order valence-electron chi connectivity index (χ4n) is 2.01. The maximum Gasteiger partial charge on any atom is 0.281 e. The average Bonchev–Trinajstić information content (AvgIpc) is 3.12. The van der Waals surface area contributed by atoms with Crippen molar-refractivity contribution in [3.05, 3.63) is 58.8 Å². The lowest BCUT2D eigenvalue weighted by atomic mass is 10.2. The summed E-state index contributed by atoms with van der Waals surface area (Å²) in [6.45, 7) is 1.86. The van der Waals surface area contributed by atoms with Crippen molar-refractivity contribution >= 4 is 50.3 Å². The van der Waals surface area contributed by atoms with Crippen molar-refractivity contribution in [3.8, 4) is 0 Å². The summed E-state index contributed by atoms with van der Waals surface area (Å²) in [5, 5.41) is 0.879. The molecule has 1 saturated heterocycles. The first-order valence-electron chi connectivity index (χ1n) is 6.87. The summed E-state index contributed by atoms with van der Waals surface area (Å²) in [7, 11) is -3.89. The van der Waals surface area contributed by atoms with Crippen LogP contribution in [-0.4, -0.2) is 28.6 Å². The molecule has 0 unspecified atom stereocenters. The summed E-state index contributed by atoms with van der Waals surface area (Å²) in [5.74, 6) is -0.504. The first-order valence-corrected chi connectivity index (χ1v) is 9.58. The van der Waals surface area contributed by atoms with E-state index < -0.39 is 15.9 Å². The molecule has 2 heterocycles. The highest BCUT2D eigenvalue weighted by Gasteiger charge is 2.35. The number of thioether (sulfide) groups is 1. The molecule has 0 spiro atoms. The molecule has 2 aromatic rings. The van der Waals surface area contributed by atoms with Crippen LogP contribution in [0.5, 0.6) is 0 Å². The molecule has 0 radical (unpaired) electrons. The minimum Gasteiger partial charge on any atom is -0.362 e. The quantitative estimate of drug-likeness (QED) is 0.630. The number of amides is 1. The maximum atomic E-state index is 12.4. The third kappa shape index (κ3) is 3.44. The van der Waals surface area contributed by atoms with Crippen LogP contribution in [0.3, 0.4) is 0 Å². The first kappa shape index (κ1) is 16.9. The molecule has 0 aliphatic carbocycles. The van der Waals surface area contributed by atoms with Crippen molar-refractivity contribution in [1.29, 1.82) is 0 Å². The van der Waals surface area contributed by atoms with E-state index in [4.69, 9.17) is 12.2 Å². The molecule has 0 atom stereocenters. The van der Waals surface area contributed by atoms with E-state index >= 15 is 0 Å². The number of hydrogen-bond acceptors (Lipinski definition) is 5. The third-order valence-corrected chi connectivity index (χ3v) is 5.86. The number of carbonyl (C=O) groups is 1. The zero-order chi connectivity index (χ0) is 17.3. The Labute approximate surface area is 149 Å². The molecule has 1 aliphatic heterocycles. The molecule has 24 heavy (non-hydrogen) atoms. The maximum absolute atomic E-state index is 12.4. The Hall–Kier alpha value is -1.94. The number of aryl methyl sites for hydroxylation is 1. The summed E-state index contributed by atoms with van der Waals surface area (Å²) >= 11 is 6.16. The predicted octanol–water partition coefficient (Wildman–Crippen LogP) is 2.42. The standard InChI is InChI=1S/C15H13N3O3S3/c1-10-4-6-12(7-5-10)24(20,21)17-18-14(19)13(23-15(18)22)9-11-3-2-8-16-11/h2-9,16-17H,1H3. The number of carbonyl (C=O) groups excluding carboxylic acids is 1. The van der Waals surface area contributed by atoms with Gasteiger partial charge in [0.25, 0.3) is 15.9 Å². The van der Waals surface area contributed by atoms with Crippen LogP contribution in [-0.2, 0) is 14.8 Å². The van der Waals surface area contributed by atoms with Gasteiger partial charge in [-0.1, -0.05) is 41.7 Å². The Morgan fingerprint density at radius 2 is 1.96 bits per heavy atom. The monoisotopic (exact) mass is 379 g/mol. The van der Waals surface area contributed by atoms with Crippen LogP contribution in [0.15, 0.2) is 52.4 Å². The zero-order valence-corrected chi connectivity index (χ0v) is 15.0. The fourth-order valence-corrected chi connectivity index (χ4v) is 4.31. The third-order valence-electron chi connectivity index (χ3n) is 3.25. The molecule has 124 valence electrons. The summed E-state index contributed by atoms with van der Waals surface area (Å²) in [6.07, 6.45) is 3.35. The summed E-state index contributed by atoms with van der Waals surface area (Å²) in [5.41, 5.74) is 1.67. The Kier molecular flexibility index (Phi) is 4.59. The highest BCUT2D eigenvalue weighted by atomic mass is 32.2. The summed E-state index contributed by atoms with van der Waals surface area (Å²) < 4.78 is 25.0. The van der Waals surface area contributed by atoms with E-state index in [1.165, 1.54) is 12.1 Å². The van der Waals surface area contributed by atoms with E-state index in [0.29, 0.717) is 4.91 Å². The van der Waals surface area contributed by atoms with Crippen molar-refractivity contribution in [2.75, 3.05) is 0 Å². The van der Waals surface area contributed by atoms with E-state index in [1.807, 2.05) is 6.92 Å². The lowest BCUT2D eigenvalue weighted by Crippen LogP contribution is -2.44. The lowest BCUT2D eigenvalue weighted by molar-refractivity contribution is -0.123. The molecule has 1 aromatic heterocycles. The minimum absolute atomic E-state index is 0.0653. The van der Waals surface area contributed by atoms with Gasteiger partial charge < -0.3 is 4.98 Å². The van der Waals surface area contributed by atoms with E-state index in [2.05, 4.69) is 9.82 Å². The molecular weight excluding hydrogens is 366 g/mol. The molecule has 1 aliphatic rings. The topological polar surface area (TPSA) is 82.3 Å². The smallest absolute Gasteiger partial charge is 0.281 e. The van der Waals surface area contributed by atoms with Gasteiger partial charge in [-0.25, -0.2) is 13.4 Å². The highest BCUT2D eigenvalue weighted by Crippen LogP contribution is 2.31. The molecule has 9 heteroatoms. The Balaban J connectivity index is 1.83. The molecule has 1 amide bonds. The van der Waals surface area contributed by atoms with E-state index in [0.717, 1.165) is 28.0 Å². The molecule has 3 rings (SSSR count). The molecule has 1 aromatic carbocycles. The van der Waals surface area contributed by atoms with Gasteiger partial charge >= 0.3 is 0 Å². The van der Waals surface area contributed by atoms with Crippen LogP contribution < -0.4 is 4.83 Å². The minimum atomic E-state index is -3.89. The predicted molar refractivity (Wildman–Crippen MR) is 97.3 cm³/mol. The Morgan fingerprint density at radius 3 is 2.58 bits per heavy atom.